The van der Waals surface area contributed by atoms with Gasteiger partial charge in [0.1, 0.15) is 5.75 Å². The first-order valence-corrected chi connectivity index (χ1v) is 6.55. The lowest BCUT2D eigenvalue weighted by Crippen LogP contribution is -2.45. The average molecular weight is 293 g/mol. The molecule has 1 aliphatic heterocycles. The number of carbonyl (C=O) groups excluding carboxylic acids is 2. The number of benzene rings is 2. The SMILES string of the molecule is N#Cc1ccc(NC(=O)[C@@H]2Oc3ccccc3NC2=O)cc1. The number of nitriles is 1. The molecule has 0 aromatic heterocycles. The number of ether oxygens (including phenoxy) is 1. The minimum Gasteiger partial charge on any atom is -0.468 e. The fourth-order valence-electron chi connectivity index (χ4n) is 2.06. The zero-order valence-electron chi connectivity index (χ0n) is 11.4. The van der Waals surface area contributed by atoms with Gasteiger partial charge < -0.3 is 15.4 Å². The average Bonchev–Trinajstić information content (AvgIpc) is 2.54. The summed E-state index contributed by atoms with van der Waals surface area (Å²) in [6, 6.07) is 15.2. The van der Waals surface area contributed by atoms with Crippen molar-refractivity contribution in [2.45, 2.75) is 6.10 Å². The lowest BCUT2D eigenvalue weighted by Gasteiger charge is -2.24. The van der Waals surface area contributed by atoms with Crippen LogP contribution < -0.4 is 15.4 Å². The van der Waals surface area contributed by atoms with Gasteiger partial charge in [-0.3, -0.25) is 9.59 Å². The molecule has 22 heavy (non-hydrogen) atoms. The lowest BCUT2D eigenvalue weighted by atomic mass is 10.2. The van der Waals surface area contributed by atoms with E-state index < -0.39 is 17.9 Å². The van der Waals surface area contributed by atoms with Crippen molar-refractivity contribution in [3.63, 3.8) is 0 Å². The first-order valence-electron chi connectivity index (χ1n) is 6.55. The molecule has 3 rings (SSSR count). The molecular weight excluding hydrogens is 282 g/mol. The highest BCUT2D eigenvalue weighted by Crippen LogP contribution is 2.29. The molecule has 1 atom stereocenters. The monoisotopic (exact) mass is 293 g/mol. The van der Waals surface area contributed by atoms with Crippen molar-refractivity contribution in [2.24, 2.45) is 0 Å². The molecule has 0 unspecified atom stereocenters. The summed E-state index contributed by atoms with van der Waals surface area (Å²) >= 11 is 0. The second-order valence-corrected chi connectivity index (χ2v) is 4.66. The van der Waals surface area contributed by atoms with E-state index >= 15 is 0 Å². The fraction of sp³-hybridized carbons (Fsp3) is 0.0625. The largest absolute Gasteiger partial charge is 0.468 e. The molecule has 0 radical (unpaired) electrons. The van der Waals surface area contributed by atoms with E-state index in [1.807, 2.05) is 6.07 Å². The number of carbonyl (C=O) groups is 2. The third-order valence-electron chi connectivity index (χ3n) is 3.15. The van der Waals surface area contributed by atoms with E-state index in [1.165, 1.54) is 0 Å². The normalized spacial score (nSPS) is 15.8. The van der Waals surface area contributed by atoms with E-state index in [-0.39, 0.29) is 0 Å². The van der Waals surface area contributed by atoms with Gasteiger partial charge in [-0.2, -0.15) is 5.26 Å². The zero-order valence-corrected chi connectivity index (χ0v) is 11.4. The number of amides is 2. The van der Waals surface area contributed by atoms with Crippen LogP contribution in [0.1, 0.15) is 5.56 Å². The number of hydrogen-bond donors (Lipinski definition) is 2. The van der Waals surface area contributed by atoms with Gasteiger partial charge in [0.2, 0.25) is 0 Å². The molecule has 108 valence electrons. The maximum Gasteiger partial charge on any atom is 0.275 e. The second-order valence-electron chi connectivity index (χ2n) is 4.66. The van der Waals surface area contributed by atoms with Crippen LogP contribution in [-0.2, 0) is 9.59 Å². The second kappa shape index (κ2) is 5.58. The summed E-state index contributed by atoms with van der Waals surface area (Å²) in [5.74, 6) is -0.649. The summed E-state index contributed by atoms with van der Waals surface area (Å²) in [7, 11) is 0. The van der Waals surface area contributed by atoms with E-state index in [1.54, 1.807) is 48.5 Å². The minimum atomic E-state index is -1.26. The van der Waals surface area contributed by atoms with Crippen LogP contribution in [0.15, 0.2) is 48.5 Å². The van der Waals surface area contributed by atoms with Gasteiger partial charge in [-0.15, -0.1) is 0 Å². The number of nitrogens with one attached hydrogen (secondary N) is 2. The summed E-state index contributed by atoms with van der Waals surface area (Å²) < 4.78 is 5.45. The first-order chi connectivity index (χ1) is 10.7. The summed E-state index contributed by atoms with van der Waals surface area (Å²) in [6.07, 6.45) is -1.26. The molecular formula is C16H11N3O3. The molecule has 2 N–H and O–H groups in total. The van der Waals surface area contributed by atoms with Crippen LogP contribution >= 0.6 is 0 Å². The molecule has 0 saturated heterocycles. The Morgan fingerprint density at radius 1 is 1.18 bits per heavy atom. The Hall–Kier alpha value is -3.33. The topological polar surface area (TPSA) is 91.2 Å². The van der Waals surface area contributed by atoms with Gasteiger partial charge in [0.25, 0.3) is 17.9 Å². The predicted molar refractivity (Wildman–Crippen MR) is 79.3 cm³/mol. The van der Waals surface area contributed by atoms with Gasteiger partial charge in [-0.25, -0.2) is 0 Å². The molecule has 6 nitrogen and oxygen atoms in total. The maximum atomic E-state index is 12.2. The molecule has 0 fully saturated rings. The van der Waals surface area contributed by atoms with Crippen LogP contribution in [0, 0.1) is 11.3 Å². The Morgan fingerprint density at radius 3 is 2.64 bits per heavy atom. The van der Waals surface area contributed by atoms with Gasteiger partial charge in [0.15, 0.2) is 0 Å². The summed E-state index contributed by atoms with van der Waals surface area (Å²) in [5.41, 5.74) is 1.51. The molecule has 0 bridgehead atoms. The highest BCUT2D eigenvalue weighted by atomic mass is 16.5. The van der Waals surface area contributed by atoms with Gasteiger partial charge in [-0.1, -0.05) is 12.1 Å². The number of anilines is 2. The van der Waals surface area contributed by atoms with Crippen molar-refractivity contribution in [3.05, 3.63) is 54.1 Å². The Balaban J connectivity index is 1.75. The molecule has 0 saturated carbocycles. The highest BCUT2D eigenvalue weighted by Gasteiger charge is 2.33. The van der Waals surface area contributed by atoms with Crippen molar-refractivity contribution in [1.29, 1.82) is 5.26 Å². The standard InChI is InChI=1S/C16H11N3O3/c17-9-10-5-7-11(8-6-10)18-15(20)14-16(21)19-12-3-1-2-4-13(12)22-14/h1-8,14H,(H,18,20)(H,19,21)/t14-/m0/s1. The van der Waals surface area contributed by atoms with Crippen molar-refractivity contribution in [2.75, 3.05) is 10.6 Å². The van der Waals surface area contributed by atoms with E-state index in [0.29, 0.717) is 22.7 Å². The molecule has 1 heterocycles. The highest BCUT2D eigenvalue weighted by molar-refractivity contribution is 6.15. The van der Waals surface area contributed by atoms with Crippen LogP contribution in [0.3, 0.4) is 0 Å². The van der Waals surface area contributed by atoms with Crippen molar-refractivity contribution in [1.82, 2.24) is 0 Å². The van der Waals surface area contributed by atoms with Gasteiger partial charge in [0, 0.05) is 5.69 Å². The molecule has 0 spiro atoms. The molecule has 6 heteroatoms. The number of fused-ring (bicyclic) bond motifs is 1. The molecule has 2 amide bonds. The Kier molecular flexibility index (Phi) is 3.46. The smallest absolute Gasteiger partial charge is 0.275 e. The Morgan fingerprint density at radius 2 is 1.91 bits per heavy atom. The van der Waals surface area contributed by atoms with Gasteiger partial charge in [0.05, 0.1) is 17.3 Å². The Bertz CT molecular complexity index is 778. The summed E-state index contributed by atoms with van der Waals surface area (Å²) in [4.78, 5) is 24.1. The van der Waals surface area contributed by atoms with E-state index in [4.69, 9.17) is 10.00 Å². The number of para-hydroxylation sites is 2. The van der Waals surface area contributed by atoms with Gasteiger partial charge in [-0.05, 0) is 36.4 Å². The first kappa shape index (κ1) is 13.6. The van der Waals surface area contributed by atoms with Gasteiger partial charge >= 0.3 is 0 Å². The summed E-state index contributed by atoms with van der Waals surface area (Å²) in [6.45, 7) is 0. The molecule has 2 aromatic carbocycles. The third-order valence-corrected chi connectivity index (χ3v) is 3.15. The lowest BCUT2D eigenvalue weighted by molar-refractivity contribution is -0.133. The van der Waals surface area contributed by atoms with Crippen LogP contribution in [0.2, 0.25) is 0 Å². The quantitative estimate of drug-likeness (QED) is 0.827. The predicted octanol–water partition coefficient (Wildman–Crippen LogP) is 1.90. The van der Waals surface area contributed by atoms with Crippen LogP contribution in [0.4, 0.5) is 11.4 Å². The van der Waals surface area contributed by atoms with Crippen molar-refractivity contribution in [3.8, 4) is 11.8 Å². The number of nitrogens with zero attached hydrogens (tertiary/aromatic N) is 1. The Labute approximate surface area is 126 Å². The van der Waals surface area contributed by atoms with Crippen LogP contribution in [0.25, 0.3) is 0 Å². The zero-order chi connectivity index (χ0) is 15.5. The van der Waals surface area contributed by atoms with E-state index in [9.17, 15) is 9.59 Å². The number of rotatable bonds is 2. The molecule has 1 aliphatic rings. The van der Waals surface area contributed by atoms with Crippen molar-refractivity contribution < 1.29 is 14.3 Å². The minimum absolute atomic E-state index is 0.446. The van der Waals surface area contributed by atoms with Crippen LogP contribution in [0.5, 0.6) is 5.75 Å². The maximum absolute atomic E-state index is 12.2. The van der Waals surface area contributed by atoms with E-state index in [0.717, 1.165) is 0 Å². The third kappa shape index (κ3) is 2.60. The fourth-order valence-corrected chi connectivity index (χ4v) is 2.06. The molecule has 2 aromatic rings. The van der Waals surface area contributed by atoms with E-state index in [2.05, 4.69) is 10.6 Å². The van der Waals surface area contributed by atoms with Crippen LogP contribution in [-0.4, -0.2) is 17.9 Å². The van der Waals surface area contributed by atoms with Crippen molar-refractivity contribution >= 4 is 23.2 Å². The summed E-state index contributed by atoms with van der Waals surface area (Å²) in [5, 5.41) is 13.9. The number of hydrogen-bond acceptors (Lipinski definition) is 4. The molecule has 0 aliphatic carbocycles.